The third-order valence-corrected chi connectivity index (χ3v) is 3.27. The second-order valence-corrected chi connectivity index (χ2v) is 5.07. The van der Waals surface area contributed by atoms with E-state index in [0.29, 0.717) is 19.6 Å². The normalized spacial score (nSPS) is 18.6. The van der Waals surface area contributed by atoms with Gasteiger partial charge >= 0.3 is 0 Å². The molecule has 5 nitrogen and oxygen atoms in total. The highest BCUT2D eigenvalue weighted by Gasteiger charge is 2.15. The highest BCUT2D eigenvalue weighted by molar-refractivity contribution is 5.76. The van der Waals surface area contributed by atoms with Crippen LogP contribution in [0.3, 0.4) is 0 Å². The first-order valence-corrected chi connectivity index (χ1v) is 7.14. The van der Waals surface area contributed by atoms with Gasteiger partial charge in [-0.15, -0.1) is 0 Å². The maximum atomic E-state index is 11.7. The lowest BCUT2D eigenvalue weighted by molar-refractivity contribution is -0.121. The molecule has 1 heterocycles. The van der Waals surface area contributed by atoms with E-state index in [2.05, 4.69) is 16.0 Å². The Kier molecular flexibility index (Phi) is 5.83. The summed E-state index contributed by atoms with van der Waals surface area (Å²) in [5.74, 6) is 0.904. The highest BCUT2D eigenvalue weighted by Crippen LogP contribution is 2.10. The maximum Gasteiger partial charge on any atom is 0.221 e. The predicted octanol–water partition coefficient (Wildman–Crippen LogP) is 0.442. The molecular formula is C15H23N3O2. The molecule has 2 rings (SSSR count). The number of aryl methyl sites for hydroxylation is 1. The van der Waals surface area contributed by atoms with Gasteiger partial charge in [0, 0.05) is 32.1 Å². The molecular weight excluding hydrogens is 254 g/mol. The fourth-order valence-electron chi connectivity index (χ4n) is 2.15. The van der Waals surface area contributed by atoms with Crippen molar-refractivity contribution in [2.45, 2.75) is 19.4 Å². The fraction of sp³-hybridized carbons (Fsp3) is 0.533. The molecule has 3 N–H and O–H groups in total. The van der Waals surface area contributed by atoms with Crippen LogP contribution in [0.5, 0.6) is 5.75 Å². The standard InChI is InChI=1S/C15H23N3O2/c1-12-2-4-14(5-3-12)20-9-8-18-15(19)10-13-11-16-6-7-17-13/h2-5,13,16-17H,6-11H2,1H3,(H,18,19). The molecule has 1 unspecified atom stereocenters. The molecule has 1 aromatic carbocycles. The van der Waals surface area contributed by atoms with Crippen LogP contribution in [-0.4, -0.2) is 44.7 Å². The molecule has 1 fully saturated rings. The van der Waals surface area contributed by atoms with E-state index < -0.39 is 0 Å². The Morgan fingerprint density at radius 2 is 2.15 bits per heavy atom. The molecule has 110 valence electrons. The summed E-state index contributed by atoms with van der Waals surface area (Å²) in [4.78, 5) is 11.7. The van der Waals surface area contributed by atoms with Gasteiger partial charge in [-0.25, -0.2) is 0 Å². The number of hydrogen-bond donors (Lipinski definition) is 3. The monoisotopic (exact) mass is 277 g/mol. The summed E-state index contributed by atoms with van der Waals surface area (Å²) < 4.78 is 5.56. The van der Waals surface area contributed by atoms with Crippen LogP contribution < -0.4 is 20.7 Å². The molecule has 5 heteroatoms. The van der Waals surface area contributed by atoms with Crippen molar-refractivity contribution < 1.29 is 9.53 Å². The number of rotatable bonds is 6. The minimum Gasteiger partial charge on any atom is -0.492 e. The van der Waals surface area contributed by atoms with Gasteiger partial charge in [0.2, 0.25) is 5.91 Å². The molecule has 1 saturated heterocycles. The van der Waals surface area contributed by atoms with E-state index in [1.54, 1.807) is 0 Å². The number of hydrogen-bond acceptors (Lipinski definition) is 4. The van der Waals surface area contributed by atoms with Gasteiger partial charge in [0.15, 0.2) is 0 Å². The first kappa shape index (κ1) is 14.8. The Morgan fingerprint density at radius 3 is 2.85 bits per heavy atom. The van der Waals surface area contributed by atoms with E-state index in [9.17, 15) is 4.79 Å². The summed E-state index contributed by atoms with van der Waals surface area (Å²) in [6.45, 7) is 5.82. The number of carbonyl (C=O) groups excluding carboxylic acids is 1. The van der Waals surface area contributed by atoms with Crippen molar-refractivity contribution in [1.29, 1.82) is 0 Å². The third-order valence-electron chi connectivity index (χ3n) is 3.27. The van der Waals surface area contributed by atoms with E-state index in [-0.39, 0.29) is 11.9 Å². The number of carbonyl (C=O) groups is 1. The van der Waals surface area contributed by atoms with Crippen molar-refractivity contribution in [2.24, 2.45) is 0 Å². The van der Waals surface area contributed by atoms with Gasteiger partial charge in [-0.1, -0.05) is 17.7 Å². The average molecular weight is 277 g/mol. The van der Waals surface area contributed by atoms with Crippen LogP contribution in [0, 0.1) is 6.92 Å². The zero-order valence-corrected chi connectivity index (χ0v) is 11.9. The molecule has 1 aromatic rings. The lowest BCUT2D eigenvalue weighted by Crippen LogP contribution is -2.50. The molecule has 1 aliphatic rings. The highest BCUT2D eigenvalue weighted by atomic mass is 16.5. The van der Waals surface area contributed by atoms with Crippen LogP contribution >= 0.6 is 0 Å². The van der Waals surface area contributed by atoms with Crippen molar-refractivity contribution in [3.8, 4) is 5.75 Å². The zero-order valence-electron chi connectivity index (χ0n) is 11.9. The summed E-state index contributed by atoms with van der Waals surface area (Å²) in [6.07, 6.45) is 0.511. The maximum absolute atomic E-state index is 11.7. The molecule has 20 heavy (non-hydrogen) atoms. The number of ether oxygens (including phenoxy) is 1. The Morgan fingerprint density at radius 1 is 1.35 bits per heavy atom. The minimum absolute atomic E-state index is 0.0682. The van der Waals surface area contributed by atoms with Crippen LogP contribution in [0.15, 0.2) is 24.3 Å². The summed E-state index contributed by atoms with van der Waals surface area (Å²) in [5.41, 5.74) is 1.21. The van der Waals surface area contributed by atoms with E-state index in [4.69, 9.17) is 4.74 Å². The van der Waals surface area contributed by atoms with Crippen molar-refractivity contribution in [3.05, 3.63) is 29.8 Å². The topological polar surface area (TPSA) is 62.4 Å². The van der Waals surface area contributed by atoms with Gasteiger partial charge in [0.25, 0.3) is 0 Å². The molecule has 0 bridgehead atoms. The largest absolute Gasteiger partial charge is 0.492 e. The van der Waals surface area contributed by atoms with Crippen LogP contribution in [0.25, 0.3) is 0 Å². The Hall–Kier alpha value is -1.59. The second-order valence-electron chi connectivity index (χ2n) is 5.07. The number of amides is 1. The molecule has 1 amide bonds. The molecule has 0 aromatic heterocycles. The van der Waals surface area contributed by atoms with E-state index >= 15 is 0 Å². The summed E-state index contributed by atoms with van der Waals surface area (Å²) >= 11 is 0. The summed E-state index contributed by atoms with van der Waals surface area (Å²) in [7, 11) is 0. The average Bonchev–Trinajstić information content (AvgIpc) is 2.46. The summed E-state index contributed by atoms with van der Waals surface area (Å²) in [5, 5.41) is 9.46. The third kappa shape index (κ3) is 5.19. The van der Waals surface area contributed by atoms with E-state index in [0.717, 1.165) is 25.4 Å². The van der Waals surface area contributed by atoms with Gasteiger partial charge in [-0.2, -0.15) is 0 Å². The number of nitrogens with one attached hydrogen (secondary N) is 3. The number of benzene rings is 1. The quantitative estimate of drug-likeness (QED) is 0.660. The fourth-order valence-corrected chi connectivity index (χ4v) is 2.15. The van der Waals surface area contributed by atoms with Crippen LogP contribution in [-0.2, 0) is 4.79 Å². The Bertz CT molecular complexity index is 414. The van der Waals surface area contributed by atoms with Gasteiger partial charge in [-0.05, 0) is 19.1 Å². The SMILES string of the molecule is Cc1ccc(OCCNC(=O)CC2CNCCN2)cc1. The molecule has 0 radical (unpaired) electrons. The Balaban J connectivity index is 1.58. The first-order valence-electron chi connectivity index (χ1n) is 7.14. The number of piperazine rings is 1. The van der Waals surface area contributed by atoms with Crippen molar-refractivity contribution in [3.63, 3.8) is 0 Å². The molecule has 1 aliphatic heterocycles. The lowest BCUT2D eigenvalue weighted by atomic mass is 10.1. The van der Waals surface area contributed by atoms with E-state index in [1.165, 1.54) is 5.56 Å². The van der Waals surface area contributed by atoms with Gasteiger partial charge < -0.3 is 20.7 Å². The second kappa shape index (κ2) is 7.87. The van der Waals surface area contributed by atoms with Crippen molar-refractivity contribution >= 4 is 5.91 Å². The van der Waals surface area contributed by atoms with Gasteiger partial charge in [-0.3, -0.25) is 4.79 Å². The molecule has 0 aliphatic carbocycles. The van der Waals surface area contributed by atoms with Crippen molar-refractivity contribution in [2.75, 3.05) is 32.8 Å². The van der Waals surface area contributed by atoms with Crippen LogP contribution in [0.4, 0.5) is 0 Å². The van der Waals surface area contributed by atoms with Gasteiger partial charge in [0.05, 0.1) is 6.54 Å². The lowest BCUT2D eigenvalue weighted by Gasteiger charge is -2.23. The Labute approximate surface area is 120 Å². The van der Waals surface area contributed by atoms with E-state index in [1.807, 2.05) is 31.2 Å². The molecule has 0 saturated carbocycles. The van der Waals surface area contributed by atoms with Crippen molar-refractivity contribution in [1.82, 2.24) is 16.0 Å². The molecule has 0 spiro atoms. The first-order chi connectivity index (χ1) is 9.74. The minimum atomic E-state index is 0.0682. The predicted molar refractivity (Wildman–Crippen MR) is 79.0 cm³/mol. The smallest absolute Gasteiger partial charge is 0.221 e. The summed E-state index contributed by atoms with van der Waals surface area (Å²) in [6, 6.07) is 8.14. The van der Waals surface area contributed by atoms with Crippen LogP contribution in [0.2, 0.25) is 0 Å². The molecule has 1 atom stereocenters. The zero-order chi connectivity index (χ0) is 14.2. The van der Waals surface area contributed by atoms with Gasteiger partial charge in [0.1, 0.15) is 12.4 Å². The van der Waals surface area contributed by atoms with Crippen LogP contribution in [0.1, 0.15) is 12.0 Å².